The van der Waals surface area contributed by atoms with E-state index in [4.69, 9.17) is 0 Å². The number of nitrogens with zero attached hydrogens (tertiary/aromatic N) is 2. The van der Waals surface area contributed by atoms with Gasteiger partial charge >= 0.3 is 0 Å². The van der Waals surface area contributed by atoms with Gasteiger partial charge in [0.1, 0.15) is 0 Å². The first kappa shape index (κ1) is 17.1. The van der Waals surface area contributed by atoms with Crippen LogP contribution in [-0.2, 0) is 17.8 Å². The van der Waals surface area contributed by atoms with Gasteiger partial charge in [0, 0.05) is 29.7 Å². The van der Waals surface area contributed by atoms with Gasteiger partial charge in [-0.1, -0.05) is 48.5 Å². The minimum absolute atomic E-state index is 0.0223. The third-order valence-corrected chi connectivity index (χ3v) is 4.63. The zero-order valence-electron chi connectivity index (χ0n) is 15.1. The minimum Gasteiger partial charge on any atom is -0.361 e. The lowest BCUT2D eigenvalue weighted by molar-refractivity contribution is -0.116. The summed E-state index contributed by atoms with van der Waals surface area (Å²) in [6.45, 7) is 0.692. The summed E-state index contributed by atoms with van der Waals surface area (Å²) in [6, 6.07) is 18.4. The number of H-pyrrole nitrogens is 1. The van der Waals surface area contributed by atoms with Crippen LogP contribution in [0.25, 0.3) is 10.9 Å². The minimum atomic E-state index is 0.0223. The smallest absolute Gasteiger partial charge is 0.224 e. The third kappa shape index (κ3) is 4.26. The molecule has 0 atom stereocenters. The van der Waals surface area contributed by atoms with Crippen molar-refractivity contribution in [2.24, 2.45) is 0 Å². The Morgan fingerprint density at radius 3 is 2.78 bits per heavy atom. The maximum atomic E-state index is 12.2. The number of carbonyl (C=O) groups is 1. The number of fused-ring (bicyclic) bond motifs is 1. The Morgan fingerprint density at radius 1 is 1.07 bits per heavy atom. The number of aryl methyl sites for hydroxylation is 1. The summed E-state index contributed by atoms with van der Waals surface area (Å²) in [5.41, 5.74) is 4.32. The zero-order chi connectivity index (χ0) is 18.5. The van der Waals surface area contributed by atoms with Gasteiger partial charge in [0.25, 0.3) is 0 Å². The van der Waals surface area contributed by atoms with Crippen LogP contribution in [0.3, 0.4) is 0 Å². The molecular weight excluding hydrogens is 336 g/mol. The molecule has 0 radical (unpaired) electrons. The summed E-state index contributed by atoms with van der Waals surface area (Å²) in [5, 5.41) is 8.49. The van der Waals surface area contributed by atoms with Crippen LogP contribution in [0.1, 0.15) is 24.0 Å². The molecule has 0 saturated heterocycles. The lowest BCUT2D eigenvalue weighted by Gasteiger charge is -2.03. The maximum Gasteiger partial charge on any atom is 0.224 e. The second-order valence-electron chi connectivity index (χ2n) is 6.67. The average Bonchev–Trinajstić information content (AvgIpc) is 3.30. The van der Waals surface area contributed by atoms with Gasteiger partial charge in [-0.2, -0.15) is 5.10 Å². The number of benzene rings is 2. The van der Waals surface area contributed by atoms with Crippen LogP contribution in [0.15, 0.2) is 73.2 Å². The maximum absolute atomic E-state index is 12.2. The number of carbonyl (C=O) groups excluding carboxylic acids is 1. The molecule has 5 heteroatoms. The van der Waals surface area contributed by atoms with E-state index in [9.17, 15) is 4.79 Å². The molecule has 0 unspecified atom stereocenters. The van der Waals surface area contributed by atoms with E-state index in [-0.39, 0.29) is 5.91 Å². The molecule has 2 heterocycles. The van der Waals surface area contributed by atoms with E-state index in [2.05, 4.69) is 39.7 Å². The van der Waals surface area contributed by atoms with E-state index < -0.39 is 0 Å². The van der Waals surface area contributed by atoms with Crippen molar-refractivity contribution < 1.29 is 4.79 Å². The van der Waals surface area contributed by atoms with E-state index in [1.165, 1.54) is 16.5 Å². The predicted molar refractivity (Wildman–Crippen MR) is 108 cm³/mol. The van der Waals surface area contributed by atoms with Gasteiger partial charge in [-0.25, -0.2) is 0 Å². The quantitative estimate of drug-likeness (QED) is 0.515. The zero-order valence-corrected chi connectivity index (χ0v) is 15.1. The van der Waals surface area contributed by atoms with Crippen molar-refractivity contribution in [3.8, 4) is 0 Å². The molecule has 0 aliphatic carbocycles. The molecule has 4 rings (SSSR count). The number of anilines is 1. The summed E-state index contributed by atoms with van der Waals surface area (Å²) in [5.74, 6) is 0.0223. The van der Waals surface area contributed by atoms with Gasteiger partial charge in [-0.3, -0.25) is 9.48 Å². The Morgan fingerprint density at radius 2 is 1.89 bits per heavy atom. The fourth-order valence-electron chi connectivity index (χ4n) is 3.29. The van der Waals surface area contributed by atoms with Gasteiger partial charge in [0.2, 0.25) is 5.91 Å². The van der Waals surface area contributed by atoms with Crippen LogP contribution in [0.4, 0.5) is 5.69 Å². The molecule has 2 aromatic carbocycles. The van der Waals surface area contributed by atoms with Gasteiger partial charge in [0.15, 0.2) is 0 Å². The largest absolute Gasteiger partial charge is 0.361 e. The highest BCUT2D eigenvalue weighted by Crippen LogP contribution is 2.19. The number of nitrogens with one attached hydrogen (secondary N) is 2. The number of aromatic nitrogens is 3. The van der Waals surface area contributed by atoms with Crippen LogP contribution >= 0.6 is 0 Å². The molecule has 0 fully saturated rings. The molecule has 136 valence electrons. The molecule has 27 heavy (non-hydrogen) atoms. The summed E-state index contributed by atoms with van der Waals surface area (Å²) in [4.78, 5) is 15.5. The molecule has 0 saturated carbocycles. The number of aromatic amines is 1. The third-order valence-electron chi connectivity index (χ3n) is 4.63. The first-order chi connectivity index (χ1) is 13.3. The van der Waals surface area contributed by atoms with Crippen molar-refractivity contribution in [1.29, 1.82) is 0 Å². The standard InChI is InChI=1S/C22H22N4O/c27-22(12-6-9-18-13-23-21-11-5-4-10-20(18)21)25-19-14-24-26(16-19)15-17-7-2-1-3-8-17/h1-5,7-8,10-11,13-14,16,23H,6,9,12,15H2,(H,25,27). The first-order valence-electron chi connectivity index (χ1n) is 9.19. The molecular formula is C22H22N4O. The Hall–Kier alpha value is -3.34. The van der Waals surface area contributed by atoms with Crippen molar-refractivity contribution >= 4 is 22.5 Å². The Balaban J connectivity index is 1.27. The number of hydrogen-bond acceptors (Lipinski definition) is 2. The molecule has 0 spiro atoms. The van der Waals surface area contributed by atoms with E-state index >= 15 is 0 Å². The number of hydrogen-bond donors (Lipinski definition) is 2. The normalized spacial score (nSPS) is 11.0. The van der Waals surface area contributed by atoms with Gasteiger partial charge < -0.3 is 10.3 Å². The van der Waals surface area contributed by atoms with Crippen LogP contribution in [0.2, 0.25) is 0 Å². The van der Waals surface area contributed by atoms with Crippen LogP contribution < -0.4 is 5.32 Å². The predicted octanol–water partition coefficient (Wildman–Crippen LogP) is 4.37. The molecule has 0 aliphatic rings. The van der Waals surface area contributed by atoms with Gasteiger partial charge in [-0.15, -0.1) is 0 Å². The Labute approximate surface area is 158 Å². The first-order valence-corrected chi connectivity index (χ1v) is 9.19. The highest BCUT2D eigenvalue weighted by atomic mass is 16.1. The molecule has 0 aliphatic heterocycles. The highest BCUT2D eigenvalue weighted by molar-refractivity contribution is 5.90. The van der Waals surface area contributed by atoms with Gasteiger partial charge in [-0.05, 0) is 30.0 Å². The van der Waals surface area contributed by atoms with Crippen molar-refractivity contribution in [1.82, 2.24) is 14.8 Å². The second-order valence-corrected chi connectivity index (χ2v) is 6.67. The summed E-state index contributed by atoms with van der Waals surface area (Å²) >= 11 is 0. The molecule has 0 bridgehead atoms. The van der Waals surface area contributed by atoms with Crippen LogP contribution in [0.5, 0.6) is 0 Å². The van der Waals surface area contributed by atoms with E-state index in [1.807, 2.05) is 47.4 Å². The Bertz CT molecular complexity index is 1030. The van der Waals surface area contributed by atoms with Gasteiger partial charge in [0.05, 0.1) is 18.4 Å². The van der Waals surface area contributed by atoms with E-state index in [1.54, 1.807) is 6.20 Å². The molecule has 4 aromatic rings. The highest BCUT2D eigenvalue weighted by Gasteiger charge is 2.07. The monoisotopic (exact) mass is 358 g/mol. The van der Waals surface area contributed by atoms with Crippen LogP contribution in [0, 0.1) is 0 Å². The molecule has 2 N–H and O–H groups in total. The lowest BCUT2D eigenvalue weighted by atomic mass is 10.1. The SMILES string of the molecule is O=C(CCCc1c[nH]c2ccccc12)Nc1cnn(Cc2ccccc2)c1. The van der Waals surface area contributed by atoms with E-state index in [0.717, 1.165) is 24.0 Å². The molecule has 1 amide bonds. The molecule has 2 aromatic heterocycles. The fraction of sp³-hybridized carbons (Fsp3) is 0.182. The van der Waals surface area contributed by atoms with Crippen molar-refractivity contribution in [3.05, 3.63) is 84.3 Å². The van der Waals surface area contributed by atoms with Crippen molar-refractivity contribution in [2.45, 2.75) is 25.8 Å². The number of para-hydroxylation sites is 1. The summed E-state index contributed by atoms with van der Waals surface area (Å²) < 4.78 is 1.83. The van der Waals surface area contributed by atoms with E-state index in [0.29, 0.717) is 13.0 Å². The Kier molecular flexibility index (Phi) is 5.01. The van der Waals surface area contributed by atoms with Crippen molar-refractivity contribution in [2.75, 3.05) is 5.32 Å². The average molecular weight is 358 g/mol. The number of amides is 1. The van der Waals surface area contributed by atoms with Crippen LogP contribution in [-0.4, -0.2) is 20.7 Å². The second kappa shape index (κ2) is 7.91. The summed E-state index contributed by atoms with van der Waals surface area (Å²) in [6.07, 6.45) is 7.78. The van der Waals surface area contributed by atoms with Crippen molar-refractivity contribution in [3.63, 3.8) is 0 Å². The molecule has 5 nitrogen and oxygen atoms in total. The number of rotatable bonds is 7. The fourth-order valence-corrected chi connectivity index (χ4v) is 3.29. The topological polar surface area (TPSA) is 62.7 Å². The summed E-state index contributed by atoms with van der Waals surface area (Å²) in [7, 11) is 0. The lowest BCUT2D eigenvalue weighted by Crippen LogP contribution is -2.11.